The molecular formula is C8H15NO2. The van der Waals surface area contributed by atoms with E-state index in [2.05, 4.69) is 11.9 Å². The lowest BCUT2D eigenvalue weighted by molar-refractivity contribution is -0.137. The van der Waals surface area contributed by atoms with Crippen LogP contribution in [0.4, 0.5) is 0 Å². The number of rotatable bonds is 3. The summed E-state index contributed by atoms with van der Waals surface area (Å²) in [6.07, 6.45) is 2.35. The first-order chi connectivity index (χ1) is 5.18. The van der Waals surface area contributed by atoms with Crippen molar-refractivity contribution in [3.63, 3.8) is 0 Å². The molecule has 0 aromatic rings. The van der Waals surface area contributed by atoms with Crippen LogP contribution in [-0.2, 0) is 4.79 Å². The average molecular weight is 157 g/mol. The molecule has 1 saturated heterocycles. The highest BCUT2D eigenvalue weighted by atomic mass is 16.4. The van der Waals surface area contributed by atoms with Gasteiger partial charge >= 0.3 is 5.97 Å². The van der Waals surface area contributed by atoms with Crippen molar-refractivity contribution in [2.24, 2.45) is 5.92 Å². The van der Waals surface area contributed by atoms with Crippen molar-refractivity contribution >= 4 is 5.97 Å². The summed E-state index contributed by atoms with van der Waals surface area (Å²) < 4.78 is 0. The highest BCUT2D eigenvalue weighted by molar-refractivity contribution is 5.66. The summed E-state index contributed by atoms with van der Waals surface area (Å²) >= 11 is 0. The van der Waals surface area contributed by atoms with Crippen LogP contribution in [-0.4, -0.2) is 36.1 Å². The molecule has 0 unspecified atom stereocenters. The molecule has 1 heterocycles. The van der Waals surface area contributed by atoms with E-state index in [0.29, 0.717) is 12.3 Å². The van der Waals surface area contributed by atoms with Crippen molar-refractivity contribution in [3.8, 4) is 0 Å². The van der Waals surface area contributed by atoms with Crippen LogP contribution >= 0.6 is 0 Å². The lowest BCUT2D eigenvalue weighted by Crippen LogP contribution is -2.14. The van der Waals surface area contributed by atoms with E-state index in [4.69, 9.17) is 5.11 Å². The zero-order chi connectivity index (χ0) is 8.27. The fraction of sp³-hybridized carbons (Fsp3) is 0.875. The first-order valence-electron chi connectivity index (χ1n) is 4.09. The maximum atomic E-state index is 10.2. The van der Waals surface area contributed by atoms with Crippen LogP contribution < -0.4 is 0 Å². The minimum absolute atomic E-state index is 0.332. The third kappa shape index (κ3) is 2.89. The Morgan fingerprint density at radius 1 is 1.73 bits per heavy atom. The van der Waals surface area contributed by atoms with Gasteiger partial charge in [-0.1, -0.05) is 0 Å². The summed E-state index contributed by atoms with van der Waals surface area (Å²) in [5, 5.41) is 8.43. The van der Waals surface area contributed by atoms with Gasteiger partial charge in [0.2, 0.25) is 0 Å². The molecule has 3 heteroatoms. The molecule has 0 amide bonds. The van der Waals surface area contributed by atoms with Crippen LogP contribution in [0.1, 0.15) is 19.3 Å². The van der Waals surface area contributed by atoms with E-state index >= 15 is 0 Å². The Hall–Kier alpha value is -0.570. The van der Waals surface area contributed by atoms with Crippen LogP contribution in [0, 0.1) is 5.92 Å². The molecule has 0 saturated carbocycles. The minimum atomic E-state index is -0.667. The zero-order valence-corrected chi connectivity index (χ0v) is 6.92. The molecule has 0 aliphatic carbocycles. The maximum absolute atomic E-state index is 10.2. The number of aliphatic carboxylic acids is 1. The number of hydrogen-bond acceptors (Lipinski definition) is 2. The molecule has 0 spiro atoms. The maximum Gasteiger partial charge on any atom is 0.303 e. The zero-order valence-electron chi connectivity index (χ0n) is 6.92. The number of carbonyl (C=O) groups is 1. The van der Waals surface area contributed by atoms with Gasteiger partial charge in [-0.2, -0.15) is 0 Å². The van der Waals surface area contributed by atoms with Crippen molar-refractivity contribution in [3.05, 3.63) is 0 Å². The average Bonchev–Trinajstić information content (AvgIpc) is 2.31. The molecule has 64 valence electrons. The van der Waals surface area contributed by atoms with Crippen molar-refractivity contribution in [1.82, 2.24) is 4.90 Å². The largest absolute Gasteiger partial charge is 0.481 e. The Morgan fingerprint density at radius 2 is 2.45 bits per heavy atom. The first-order valence-corrected chi connectivity index (χ1v) is 4.09. The summed E-state index contributed by atoms with van der Waals surface area (Å²) in [6.45, 7) is 2.21. The van der Waals surface area contributed by atoms with Crippen molar-refractivity contribution in [2.45, 2.75) is 19.3 Å². The van der Waals surface area contributed by atoms with Gasteiger partial charge in [-0.25, -0.2) is 0 Å². The van der Waals surface area contributed by atoms with E-state index in [-0.39, 0.29) is 0 Å². The predicted octanol–water partition coefficient (Wildman–Crippen LogP) is 0.803. The molecule has 11 heavy (non-hydrogen) atoms. The van der Waals surface area contributed by atoms with Gasteiger partial charge < -0.3 is 10.0 Å². The SMILES string of the molecule is CN1CC[C@H](CCC(=O)O)C1. The number of carboxylic acids is 1. The van der Waals surface area contributed by atoms with Gasteiger partial charge in [-0.15, -0.1) is 0 Å². The second-order valence-electron chi connectivity index (χ2n) is 3.35. The summed E-state index contributed by atoms with van der Waals surface area (Å²) in [5.74, 6) is -0.0457. The molecule has 0 radical (unpaired) electrons. The molecule has 1 aliphatic rings. The lowest BCUT2D eigenvalue weighted by Gasteiger charge is -2.07. The highest BCUT2D eigenvalue weighted by Crippen LogP contribution is 2.18. The second-order valence-corrected chi connectivity index (χ2v) is 3.35. The number of nitrogens with zero attached hydrogens (tertiary/aromatic N) is 1. The van der Waals surface area contributed by atoms with Crippen molar-refractivity contribution < 1.29 is 9.90 Å². The number of hydrogen-bond donors (Lipinski definition) is 1. The Bertz CT molecular complexity index is 147. The smallest absolute Gasteiger partial charge is 0.303 e. The predicted molar refractivity (Wildman–Crippen MR) is 42.5 cm³/mol. The summed E-state index contributed by atoms with van der Waals surface area (Å²) in [4.78, 5) is 12.5. The van der Waals surface area contributed by atoms with E-state index < -0.39 is 5.97 Å². The monoisotopic (exact) mass is 157 g/mol. The van der Waals surface area contributed by atoms with Crippen LogP contribution in [0.5, 0.6) is 0 Å². The van der Waals surface area contributed by atoms with E-state index in [9.17, 15) is 4.79 Å². The van der Waals surface area contributed by atoms with Gasteiger partial charge in [-0.05, 0) is 32.4 Å². The van der Waals surface area contributed by atoms with Gasteiger partial charge in [0.1, 0.15) is 0 Å². The van der Waals surface area contributed by atoms with Crippen molar-refractivity contribution in [1.29, 1.82) is 0 Å². The fourth-order valence-corrected chi connectivity index (χ4v) is 1.59. The van der Waals surface area contributed by atoms with Gasteiger partial charge in [-0.3, -0.25) is 4.79 Å². The fourth-order valence-electron chi connectivity index (χ4n) is 1.59. The van der Waals surface area contributed by atoms with Crippen LogP contribution in [0.25, 0.3) is 0 Å². The topological polar surface area (TPSA) is 40.5 Å². The number of likely N-dealkylation sites (tertiary alicyclic amines) is 1. The van der Waals surface area contributed by atoms with E-state index in [0.717, 1.165) is 19.5 Å². The lowest BCUT2D eigenvalue weighted by atomic mass is 10.0. The molecule has 3 nitrogen and oxygen atoms in total. The Labute approximate surface area is 67.0 Å². The van der Waals surface area contributed by atoms with Gasteiger partial charge in [0.15, 0.2) is 0 Å². The van der Waals surface area contributed by atoms with Crippen LogP contribution in [0.3, 0.4) is 0 Å². The Balaban J connectivity index is 2.13. The van der Waals surface area contributed by atoms with E-state index in [1.54, 1.807) is 0 Å². The van der Waals surface area contributed by atoms with E-state index in [1.807, 2.05) is 0 Å². The third-order valence-electron chi connectivity index (χ3n) is 2.26. The Kier molecular flexibility index (Phi) is 2.88. The normalized spacial score (nSPS) is 25.7. The quantitative estimate of drug-likeness (QED) is 0.658. The molecule has 1 N–H and O–H groups in total. The molecule has 1 fully saturated rings. The van der Waals surface area contributed by atoms with Gasteiger partial charge in [0.25, 0.3) is 0 Å². The summed E-state index contributed by atoms with van der Waals surface area (Å²) in [5.41, 5.74) is 0. The number of carboxylic acid groups (broad SMARTS) is 1. The molecule has 1 rings (SSSR count). The molecule has 0 aromatic heterocycles. The summed E-state index contributed by atoms with van der Waals surface area (Å²) in [7, 11) is 2.08. The van der Waals surface area contributed by atoms with Crippen LogP contribution in [0.2, 0.25) is 0 Å². The summed E-state index contributed by atoms with van der Waals surface area (Å²) in [6, 6.07) is 0. The molecule has 0 bridgehead atoms. The minimum Gasteiger partial charge on any atom is -0.481 e. The first kappa shape index (κ1) is 8.53. The standard InChI is InChI=1S/C8H15NO2/c1-9-5-4-7(6-9)2-3-8(10)11/h7H,2-6H2,1H3,(H,10,11)/t7-/m0/s1. The van der Waals surface area contributed by atoms with Crippen molar-refractivity contribution in [2.75, 3.05) is 20.1 Å². The highest BCUT2D eigenvalue weighted by Gasteiger charge is 2.19. The Morgan fingerprint density at radius 3 is 2.91 bits per heavy atom. The third-order valence-corrected chi connectivity index (χ3v) is 2.26. The molecular weight excluding hydrogens is 142 g/mol. The van der Waals surface area contributed by atoms with E-state index in [1.165, 1.54) is 6.42 Å². The molecule has 1 aliphatic heterocycles. The van der Waals surface area contributed by atoms with Gasteiger partial charge in [0.05, 0.1) is 0 Å². The van der Waals surface area contributed by atoms with Crippen LogP contribution in [0.15, 0.2) is 0 Å². The van der Waals surface area contributed by atoms with Gasteiger partial charge in [0, 0.05) is 13.0 Å². The molecule has 1 atom stereocenters. The second kappa shape index (κ2) is 3.72. The molecule has 0 aromatic carbocycles.